The second kappa shape index (κ2) is 15.3. The van der Waals surface area contributed by atoms with Gasteiger partial charge in [0.1, 0.15) is 22.8 Å². The van der Waals surface area contributed by atoms with Crippen molar-refractivity contribution >= 4 is 16.7 Å². The lowest BCUT2D eigenvalue weighted by atomic mass is 9.99. The van der Waals surface area contributed by atoms with Crippen LogP contribution in [0.25, 0.3) is 10.8 Å². The molecule has 0 radical (unpaired) electrons. The Balaban J connectivity index is 1.98. The van der Waals surface area contributed by atoms with Crippen LogP contribution in [0.1, 0.15) is 89.4 Å². The predicted octanol–water partition coefficient (Wildman–Crippen LogP) is 9.25. The van der Waals surface area contributed by atoms with E-state index in [4.69, 9.17) is 14.2 Å². The van der Waals surface area contributed by atoms with Crippen LogP contribution < -0.4 is 14.2 Å². The Labute approximate surface area is 223 Å². The van der Waals surface area contributed by atoms with Gasteiger partial charge >= 0.3 is 5.97 Å². The van der Waals surface area contributed by atoms with Crippen molar-refractivity contribution in [3.8, 4) is 17.2 Å². The van der Waals surface area contributed by atoms with Gasteiger partial charge in [0.2, 0.25) is 0 Å². The number of esters is 1. The van der Waals surface area contributed by atoms with Crippen LogP contribution in [0.5, 0.6) is 17.2 Å². The topological polar surface area (TPSA) is 44.8 Å². The molecule has 3 aromatic carbocycles. The first-order valence-electron chi connectivity index (χ1n) is 14.2. The summed E-state index contributed by atoms with van der Waals surface area (Å²) < 4.78 is 18.6. The van der Waals surface area contributed by atoms with Gasteiger partial charge in [0.15, 0.2) is 0 Å². The van der Waals surface area contributed by atoms with E-state index in [1.54, 1.807) is 12.1 Å². The lowest BCUT2D eigenvalue weighted by Crippen LogP contribution is -2.16. The lowest BCUT2D eigenvalue weighted by molar-refractivity contribution is 0.0728. The number of carbonyl (C=O) groups excluding carboxylic acids is 1. The molecule has 0 aliphatic rings. The minimum atomic E-state index is -0.434. The average Bonchev–Trinajstić information content (AvgIpc) is 2.94. The van der Waals surface area contributed by atoms with Crippen molar-refractivity contribution in [2.75, 3.05) is 13.2 Å². The molecule has 2 unspecified atom stereocenters. The van der Waals surface area contributed by atoms with E-state index in [1.807, 2.05) is 48.5 Å². The minimum Gasteiger partial charge on any atom is -0.493 e. The van der Waals surface area contributed by atoms with E-state index in [0.29, 0.717) is 47.9 Å². The van der Waals surface area contributed by atoms with E-state index in [9.17, 15) is 4.79 Å². The summed E-state index contributed by atoms with van der Waals surface area (Å²) in [6, 6.07) is 19.1. The Morgan fingerprint density at radius 3 is 1.89 bits per heavy atom. The van der Waals surface area contributed by atoms with Gasteiger partial charge in [-0.3, -0.25) is 0 Å². The summed E-state index contributed by atoms with van der Waals surface area (Å²) in [5.41, 5.74) is 0.407. The van der Waals surface area contributed by atoms with Crippen LogP contribution >= 0.6 is 0 Å². The molecule has 4 nitrogen and oxygen atoms in total. The molecule has 0 fully saturated rings. The van der Waals surface area contributed by atoms with Crippen LogP contribution in [0, 0.1) is 11.8 Å². The molecular weight excluding hydrogens is 460 g/mol. The van der Waals surface area contributed by atoms with E-state index in [0.717, 1.165) is 42.9 Å². The second-order valence-electron chi connectivity index (χ2n) is 9.95. The van der Waals surface area contributed by atoms with Gasteiger partial charge < -0.3 is 14.2 Å². The Morgan fingerprint density at radius 2 is 1.30 bits per heavy atom. The van der Waals surface area contributed by atoms with Crippen molar-refractivity contribution in [1.82, 2.24) is 0 Å². The largest absolute Gasteiger partial charge is 0.493 e. The molecule has 0 saturated heterocycles. The fourth-order valence-corrected chi connectivity index (χ4v) is 4.60. The molecule has 0 aromatic heterocycles. The number of hydrogen-bond acceptors (Lipinski definition) is 4. The Kier molecular flexibility index (Phi) is 11.8. The van der Waals surface area contributed by atoms with Gasteiger partial charge in [0.05, 0.1) is 13.2 Å². The van der Waals surface area contributed by atoms with Crippen molar-refractivity contribution in [2.45, 2.75) is 79.1 Å². The number of ether oxygens (including phenoxy) is 3. The molecule has 2 atom stereocenters. The quantitative estimate of drug-likeness (QED) is 0.144. The highest BCUT2D eigenvalue weighted by Crippen LogP contribution is 2.38. The van der Waals surface area contributed by atoms with Gasteiger partial charge in [-0.25, -0.2) is 4.79 Å². The van der Waals surface area contributed by atoms with Crippen LogP contribution in [-0.2, 0) is 0 Å². The summed E-state index contributed by atoms with van der Waals surface area (Å²) >= 11 is 0. The van der Waals surface area contributed by atoms with Crippen LogP contribution in [0.15, 0.2) is 60.7 Å². The molecular formula is C33H44O4. The first-order chi connectivity index (χ1) is 18.1. The lowest BCUT2D eigenvalue weighted by Gasteiger charge is -2.21. The number of fused-ring (bicyclic) bond motifs is 1. The molecule has 0 aliphatic heterocycles. The number of rotatable bonds is 16. The predicted molar refractivity (Wildman–Crippen MR) is 153 cm³/mol. The molecule has 0 bridgehead atoms. The summed E-state index contributed by atoms with van der Waals surface area (Å²) in [5.74, 6) is 2.29. The number of carbonyl (C=O) groups is 1. The molecule has 3 aromatic rings. The average molecular weight is 505 g/mol. The van der Waals surface area contributed by atoms with Crippen LogP contribution in [0.2, 0.25) is 0 Å². The molecule has 200 valence electrons. The highest BCUT2D eigenvalue weighted by molar-refractivity contribution is 6.04. The van der Waals surface area contributed by atoms with E-state index < -0.39 is 5.97 Å². The molecule has 4 heteroatoms. The van der Waals surface area contributed by atoms with Gasteiger partial charge in [0, 0.05) is 10.8 Å². The van der Waals surface area contributed by atoms with Gasteiger partial charge in [-0.15, -0.1) is 0 Å². The third-order valence-corrected chi connectivity index (χ3v) is 7.16. The van der Waals surface area contributed by atoms with Crippen molar-refractivity contribution in [3.05, 3.63) is 66.2 Å². The zero-order chi connectivity index (χ0) is 26.5. The summed E-state index contributed by atoms with van der Waals surface area (Å²) in [6.45, 7) is 10.0. The number of unbranched alkanes of at least 4 members (excludes halogenated alkanes) is 2. The zero-order valence-corrected chi connectivity index (χ0v) is 23.1. The fraction of sp³-hybridized carbons (Fsp3) is 0.485. The normalized spacial score (nSPS) is 12.8. The van der Waals surface area contributed by atoms with Crippen molar-refractivity contribution < 1.29 is 19.0 Å². The summed E-state index contributed by atoms with van der Waals surface area (Å²) in [6.07, 6.45) is 9.08. The first-order valence-corrected chi connectivity index (χ1v) is 14.2. The summed E-state index contributed by atoms with van der Waals surface area (Å²) in [4.78, 5) is 13.5. The highest BCUT2D eigenvalue weighted by Gasteiger charge is 2.23. The van der Waals surface area contributed by atoms with Gasteiger partial charge in [0.25, 0.3) is 0 Å². The Morgan fingerprint density at radius 1 is 0.730 bits per heavy atom. The van der Waals surface area contributed by atoms with Crippen molar-refractivity contribution in [1.29, 1.82) is 0 Å². The van der Waals surface area contributed by atoms with Crippen LogP contribution in [-0.4, -0.2) is 19.2 Å². The molecule has 0 heterocycles. The molecule has 0 N–H and O–H groups in total. The van der Waals surface area contributed by atoms with E-state index in [1.165, 1.54) is 19.3 Å². The first kappa shape index (κ1) is 28.6. The molecule has 37 heavy (non-hydrogen) atoms. The summed E-state index contributed by atoms with van der Waals surface area (Å²) in [5, 5.41) is 1.84. The monoisotopic (exact) mass is 504 g/mol. The summed E-state index contributed by atoms with van der Waals surface area (Å²) in [7, 11) is 0. The minimum absolute atomic E-state index is 0.407. The van der Waals surface area contributed by atoms with Crippen LogP contribution in [0.3, 0.4) is 0 Å². The molecule has 0 amide bonds. The van der Waals surface area contributed by atoms with E-state index in [-0.39, 0.29) is 0 Å². The number of hydrogen-bond donors (Lipinski definition) is 0. The van der Waals surface area contributed by atoms with E-state index >= 15 is 0 Å². The third-order valence-electron chi connectivity index (χ3n) is 7.16. The standard InChI is InChI=1S/C33H44O4/c1-5-9-16-25(7-3)23-35-31-22-30(33(34)37-27-18-12-11-13-19-27)32(29-21-15-14-20-28(29)31)36-24-26(8-4)17-10-6-2/h11-15,18-22,25-26H,5-10,16-17,23-24H2,1-4H3. The van der Waals surface area contributed by atoms with Crippen LogP contribution in [0.4, 0.5) is 0 Å². The SMILES string of the molecule is CCCCC(CC)COc1cc(C(=O)Oc2ccccc2)c(OCC(CC)CCCC)c2ccccc12. The number of benzene rings is 3. The fourth-order valence-electron chi connectivity index (χ4n) is 4.60. The third kappa shape index (κ3) is 8.24. The van der Waals surface area contributed by atoms with E-state index in [2.05, 4.69) is 27.7 Å². The maximum absolute atomic E-state index is 13.5. The Bertz CT molecular complexity index is 1090. The van der Waals surface area contributed by atoms with Gasteiger partial charge in [-0.05, 0) is 42.9 Å². The maximum atomic E-state index is 13.5. The van der Waals surface area contributed by atoms with Crippen molar-refractivity contribution in [3.63, 3.8) is 0 Å². The zero-order valence-electron chi connectivity index (χ0n) is 23.1. The Hall–Kier alpha value is -3.01. The smallest absolute Gasteiger partial charge is 0.347 e. The molecule has 3 rings (SSSR count). The highest BCUT2D eigenvalue weighted by atomic mass is 16.5. The van der Waals surface area contributed by atoms with Gasteiger partial charge in [-0.1, -0.05) is 109 Å². The molecule has 0 aliphatic carbocycles. The maximum Gasteiger partial charge on any atom is 0.347 e. The number of para-hydroxylation sites is 1. The van der Waals surface area contributed by atoms with Gasteiger partial charge in [-0.2, -0.15) is 0 Å². The molecule has 0 spiro atoms. The van der Waals surface area contributed by atoms with Crippen molar-refractivity contribution in [2.24, 2.45) is 11.8 Å². The second-order valence-corrected chi connectivity index (χ2v) is 9.95. The molecule has 0 saturated carbocycles.